The Morgan fingerprint density at radius 1 is 1.10 bits per heavy atom. The van der Waals surface area contributed by atoms with E-state index in [1.807, 2.05) is 35.2 Å². The van der Waals surface area contributed by atoms with Crippen LogP contribution in [0.2, 0.25) is 0 Å². The van der Waals surface area contributed by atoms with Gasteiger partial charge in [0.1, 0.15) is 11.4 Å². The number of para-hydroxylation sites is 2. The first kappa shape index (κ1) is 13.5. The summed E-state index contributed by atoms with van der Waals surface area (Å²) >= 11 is 0. The van der Waals surface area contributed by atoms with Crippen LogP contribution in [0, 0.1) is 0 Å². The number of anilines is 1. The minimum atomic E-state index is 0.0691. The molecule has 21 heavy (non-hydrogen) atoms. The number of piperazine rings is 1. The molecular formula is C16H19N3O2. The zero-order valence-electron chi connectivity index (χ0n) is 12.1. The van der Waals surface area contributed by atoms with Crippen LogP contribution >= 0.6 is 0 Å². The topological polar surface area (TPSA) is 48.6 Å². The molecule has 1 N–H and O–H groups in total. The third-order valence-corrected chi connectivity index (χ3v) is 3.82. The molecule has 0 atom stereocenters. The number of aromatic nitrogens is 1. The lowest BCUT2D eigenvalue weighted by Gasteiger charge is -2.36. The number of hydrogen-bond donors (Lipinski definition) is 1. The van der Waals surface area contributed by atoms with Gasteiger partial charge in [-0.3, -0.25) is 4.79 Å². The number of carbonyl (C=O) groups is 1. The molecule has 0 saturated carbocycles. The molecule has 2 heterocycles. The molecule has 2 aromatic rings. The second-order valence-electron chi connectivity index (χ2n) is 5.03. The van der Waals surface area contributed by atoms with Crippen molar-refractivity contribution in [3.05, 3.63) is 48.3 Å². The number of hydrogen-bond acceptors (Lipinski definition) is 3. The molecule has 1 saturated heterocycles. The number of ether oxygens (including phenoxy) is 1. The number of nitrogens with zero attached hydrogens (tertiary/aromatic N) is 2. The SMILES string of the molecule is COc1ccccc1N1CCN(C(=O)c2ccc[nH]2)CC1. The number of aromatic amines is 1. The molecular weight excluding hydrogens is 266 g/mol. The third kappa shape index (κ3) is 2.72. The molecule has 1 aromatic carbocycles. The van der Waals surface area contributed by atoms with Crippen molar-refractivity contribution in [3.63, 3.8) is 0 Å². The number of H-pyrrole nitrogens is 1. The maximum Gasteiger partial charge on any atom is 0.270 e. The lowest BCUT2D eigenvalue weighted by atomic mass is 10.2. The predicted molar refractivity (Wildman–Crippen MR) is 81.9 cm³/mol. The first-order chi connectivity index (χ1) is 10.3. The number of benzene rings is 1. The largest absolute Gasteiger partial charge is 0.495 e. The Morgan fingerprint density at radius 3 is 2.52 bits per heavy atom. The smallest absolute Gasteiger partial charge is 0.270 e. The minimum absolute atomic E-state index is 0.0691. The van der Waals surface area contributed by atoms with Crippen molar-refractivity contribution in [3.8, 4) is 5.75 Å². The summed E-state index contributed by atoms with van der Waals surface area (Å²) in [5, 5.41) is 0. The van der Waals surface area contributed by atoms with Crippen molar-refractivity contribution in [2.24, 2.45) is 0 Å². The van der Waals surface area contributed by atoms with Crippen LogP contribution in [0.3, 0.4) is 0 Å². The summed E-state index contributed by atoms with van der Waals surface area (Å²) in [4.78, 5) is 19.4. The van der Waals surface area contributed by atoms with Gasteiger partial charge in [0.15, 0.2) is 0 Å². The van der Waals surface area contributed by atoms with Gasteiger partial charge in [-0.2, -0.15) is 0 Å². The molecule has 5 heteroatoms. The molecule has 5 nitrogen and oxygen atoms in total. The Hall–Kier alpha value is -2.43. The summed E-state index contributed by atoms with van der Waals surface area (Å²) < 4.78 is 5.40. The van der Waals surface area contributed by atoms with E-state index in [1.54, 1.807) is 13.3 Å². The molecule has 0 bridgehead atoms. The quantitative estimate of drug-likeness (QED) is 0.938. The average molecular weight is 285 g/mol. The van der Waals surface area contributed by atoms with Gasteiger partial charge in [-0.05, 0) is 24.3 Å². The molecule has 1 aromatic heterocycles. The van der Waals surface area contributed by atoms with Gasteiger partial charge in [-0.25, -0.2) is 0 Å². The van der Waals surface area contributed by atoms with Gasteiger partial charge in [0, 0.05) is 32.4 Å². The van der Waals surface area contributed by atoms with E-state index in [2.05, 4.69) is 16.0 Å². The normalized spacial score (nSPS) is 15.1. The van der Waals surface area contributed by atoms with Gasteiger partial charge < -0.3 is 19.5 Å². The molecule has 0 unspecified atom stereocenters. The Bertz CT molecular complexity index is 602. The Morgan fingerprint density at radius 2 is 1.86 bits per heavy atom. The van der Waals surface area contributed by atoms with E-state index in [1.165, 1.54) is 0 Å². The number of nitrogens with one attached hydrogen (secondary N) is 1. The number of rotatable bonds is 3. The maximum atomic E-state index is 12.3. The molecule has 1 amide bonds. The summed E-state index contributed by atoms with van der Waals surface area (Å²) in [5.41, 5.74) is 1.74. The van der Waals surface area contributed by atoms with Gasteiger partial charge >= 0.3 is 0 Å². The fourth-order valence-electron chi connectivity index (χ4n) is 2.68. The van der Waals surface area contributed by atoms with Crippen LogP contribution in [-0.2, 0) is 0 Å². The average Bonchev–Trinajstić information content (AvgIpc) is 3.09. The summed E-state index contributed by atoms with van der Waals surface area (Å²) in [7, 11) is 1.68. The van der Waals surface area contributed by atoms with Crippen molar-refractivity contribution >= 4 is 11.6 Å². The first-order valence-electron chi connectivity index (χ1n) is 7.10. The van der Waals surface area contributed by atoms with Crippen LogP contribution in [0.15, 0.2) is 42.6 Å². The van der Waals surface area contributed by atoms with Gasteiger partial charge in [-0.1, -0.05) is 12.1 Å². The second kappa shape index (κ2) is 5.91. The standard InChI is InChI=1S/C16H19N3O2/c1-21-15-7-3-2-6-14(15)18-9-11-19(12-10-18)16(20)13-5-4-8-17-13/h2-8,17H,9-12H2,1H3. The molecule has 1 aliphatic heterocycles. The zero-order valence-corrected chi connectivity index (χ0v) is 12.1. The second-order valence-corrected chi connectivity index (χ2v) is 5.03. The van der Waals surface area contributed by atoms with Gasteiger partial charge in [-0.15, -0.1) is 0 Å². The Kier molecular flexibility index (Phi) is 3.81. The highest BCUT2D eigenvalue weighted by atomic mass is 16.5. The Balaban J connectivity index is 1.66. The van der Waals surface area contributed by atoms with Crippen molar-refractivity contribution in [1.82, 2.24) is 9.88 Å². The monoisotopic (exact) mass is 285 g/mol. The fourth-order valence-corrected chi connectivity index (χ4v) is 2.68. The van der Waals surface area contributed by atoms with E-state index in [9.17, 15) is 4.79 Å². The highest BCUT2D eigenvalue weighted by Crippen LogP contribution is 2.28. The molecule has 0 aliphatic carbocycles. The van der Waals surface area contributed by atoms with Crippen molar-refractivity contribution in [1.29, 1.82) is 0 Å². The molecule has 1 fully saturated rings. The highest BCUT2D eigenvalue weighted by molar-refractivity contribution is 5.92. The molecule has 1 aliphatic rings. The fraction of sp³-hybridized carbons (Fsp3) is 0.312. The van der Waals surface area contributed by atoms with E-state index in [0.717, 1.165) is 37.6 Å². The zero-order chi connectivity index (χ0) is 14.7. The maximum absolute atomic E-state index is 12.3. The predicted octanol–water partition coefficient (Wildman–Crippen LogP) is 1.99. The Labute approximate surface area is 124 Å². The third-order valence-electron chi connectivity index (χ3n) is 3.82. The molecule has 110 valence electrons. The summed E-state index contributed by atoms with van der Waals surface area (Å²) in [6.45, 7) is 3.06. The number of carbonyl (C=O) groups excluding carboxylic acids is 1. The first-order valence-corrected chi connectivity index (χ1v) is 7.10. The number of amides is 1. The van der Waals surface area contributed by atoms with Crippen LogP contribution in [0.4, 0.5) is 5.69 Å². The highest BCUT2D eigenvalue weighted by Gasteiger charge is 2.23. The van der Waals surface area contributed by atoms with Crippen molar-refractivity contribution in [2.45, 2.75) is 0 Å². The summed E-state index contributed by atoms with van der Waals surface area (Å²) in [6, 6.07) is 11.7. The summed E-state index contributed by atoms with van der Waals surface area (Å²) in [6.07, 6.45) is 1.78. The van der Waals surface area contributed by atoms with Gasteiger partial charge in [0.25, 0.3) is 5.91 Å². The molecule has 0 radical (unpaired) electrons. The molecule has 3 rings (SSSR count). The van der Waals surface area contributed by atoms with E-state index in [-0.39, 0.29) is 5.91 Å². The minimum Gasteiger partial charge on any atom is -0.495 e. The molecule has 0 spiro atoms. The van der Waals surface area contributed by atoms with E-state index in [0.29, 0.717) is 5.69 Å². The van der Waals surface area contributed by atoms with Crippen LogP contribution in [0.1, 0.15) is 10.5 Å². The van der Waals surface area contributed by atoms with Crippen molar-refractivity contribution in [2.75, 3.05) is 38.2 Å². The van der Waals surface area contributed by atoms with E-state index >= 15 is 0 Å². The van der Waals surface area contributed by atoms with Crippen LogP contribution in [-0.4, -0.2) is 49.1 Å². The summed E-state index contributed by atoms with van der Waals surface area (Å²) in [5.74, 6) is 0.946. The lowest BCUT2D eigenvalue weighted by Crippen LogP contribution is -2.49. The van der Waals surface area contributed by atoms with E-state index < -0.39 is 0 Å². The van der Waals surface area contributed by atoms with Crippen LogP contribution < -0.4 is 9.64 Å². The van der Waals surface area contributed by atoms with Crippen LogP contribution in [0.25, 0.3) is 0 Å². The lowest BCUT2D eigenvalue weighted by molar-refractivity contribution is 0.0741. The van der Waals surface area contributed by atoms with Crippen LogP contribution in [0.5, 0.6) is 5.75 Å². The van der Waals surface area contributed by atoms with E-state index in [4.69, 9.17) is 4.74 Å². The number of methoxy groups -OCH3 is 1. The van der Waals surface area contributed by atoms with Gasteiger partial charge in [0.05, 0.1) is 12.8 Å². The van der Waals surface area contributed by atoms with Gasteiger partial charge in [0.2, 0.25) is 0 Å². The van der Waals surface area contributed by atoms with Crippen molar-refractivity contribution < 1.29 is 9.53 Å².